The van der Waals surface area contributed by atoms with Crippen molar-refractivity contribution >= 4 is 41.4 Å². The van der Waals surface area contributed by atoms with Gasteiger partial charge >= 0.3 is 11.9 Å². The van der Waals surface area contributed by atoms with Gasteiger partial charge in [0, 0.05) is 26.4 Å². The van der Waals surface area contributed by atoms with E-state index in [-0.39, 0.29) is 44.1 Å². The molecule has 1 aromatic carbocycles. The molecule has 0 spiro atoms. The number of likely N-dealkylation sites (N-methyl/N-ethyl adjacent to an activating group) is 1. The van der Waals surface area contributed by atoms with Gasteiger partial charge in [-0.1, -0.05) is 60.1 Å². The first-order valence-electron chi connectivity index (χ1n) is 19.0. The number of hydrogen-bond donors (Lipinski definition) is 2. The van der Waals surface area contributed by atoms with Crippen LogP contribution in [0, 0.1) is 17.8 Å². The van der Waals surface area contributed by atoms with Gasteiger partial charge in [0.25, 0.3) is 0 Å². The van der Waals surface area contributed by atoms with E-state index in [0.29, 0.717) is 36.5 Å². The molecule has 0 aromatic heterocycles. The number of rotatable bonds is 22. The fraction of sp³-hybridized carbons (Fsp3) is 0.675. The zero-order valence-electron chi connectivity index (χ0n) is 33.6. The minimum atomic E-state index is -1.10. The molecule has 0 aliphatic carbocycles. The highest BCUT2D eigenvalue weighted by atomic mass is 16.6. The third-order valence-corrected chi connectivity index (χ3v) is 9.32. The molecule has 1 saturated heterocycles. The van der Waals surface area contributed by atoms with Crippen molar-refractivity contribution in [3.05, 3.63) is 29.8 Å². The summed E-state index contributed by atoms with van der Waals surface area (Å²) in [6.07, 6.45) is 0.114. The molecule has 2 rings (SSSR count). The first-order chi connectivity index (χ1) is 25.3. The van der Waals surface area contributed by atoms with Gasteiger partial charge in [-0.25, -0.2) is 4.79 Å². The van der Waals surface area contributed by atoms with E-state index in [1.807, 2.05) is 13.8 Å². The Labute approximate surface area is 320 Å². The summed E-state index contributed by atoms with van der Waals surface area (Å²) in [7, 11) is 3.00. The molecule has 5 atom stereocenters. The van der Waals surface area contributed by atoms with Gasteiger partial charge < -0.3 is 35.1 Å². The molecule has 4 amide bonds. The number of carbonyl (C=O) groups is 7. The van der Waals surface area contributed by atoms with Crippen LogP contribution in [-0.4, -0.2) is 102 Å². The number of Topliss-reactive ketones (excluding diaryl/α,β-unsaturated/α-hetero) is 1. The molecule has 1 aromatic rings. The van der Waals surface area contributed by atoms with Gasteiger partial charge in [0.2, 0.25) is 23.6 Å². The highest BCUT2D eigenvalue weighted by Crippen LogP contribution is 2.24. The number of nitrogens with zero attached hydrogens (tertiary/aromatic N) is 2. The van der Waals surface area contributed by atoms with Crippen molar-refractivity contribution in [3.8, 4) is 5.75 Å². The number of amides is 4. The SMILES string of the molecule is COc1ccc(C[C@@H](C(=O)O[C@H](C)CC(N)=O)N(C)C(=O)[C@@H]2CCCN2C(=O)[C@H](CC(C)C)NC(=O)CC(=O)C(OC(=O)CCCC(C)C)C(C)C)cc1. The Balaban J connectivity index is 2.24. The first-order valence-corrected chi connectivity index (χ1v) is 19.0. The number of esters is 2. The average Bonchev–Trinajstić information content (AvgIpc) is 3.57. The number of likely N-dealkylation sites (tertiary alicyclic amines) is 1. The summed E-state index contributed by atoms with van der Waals surface area (Å²) < 4.78 is 16.3. The Kier molecular flexibility index (Phi) is 18.6. The van der Waals surface area contributed by atoms with Crippen molar-refractivity contribution in [3.63, 3.8) is 0 Å². The fourth-order valence-electron chi connectivity index (χ4n) is 6.47. The average molecular weight is 759 g/mol. The van der Waals surface area contributed by atoms with Gasteiger partial charge in [-0.2, -0.15) is 0 Å². The van der Waals surface area contributed by atoms with Crippen molar-refractivity contribution in [1.82, 2.24) is 15.1 Å². The first kappa shape index (κ1) is 45.7. The Bertz CT molecular complexity index is 1440. The maximum atomic E-state index is 14.2. The second-order valence-corrected chi connectivity index (χ2v) is 15.5. The van der Waals surface area contributed by atoms with Crippen LogP contribution in [0.4, 0.5) is 0 Å². The van der Waals surface area contributed by atoms with Gasteiger partial charge in [-0.3, -0.25) is 28.8 Å². The zero-order chi connectivity index (χ0) is 40.7. The van der Waals surface area contributed by atoms with Crippen LogP contribution in [0.15, 0.2) is 24.3 Å². The summed E-state index contributed by atoms with van der Waals surface area (Å²) in [4.78, 5) is 94.9. The van der Waals surface area contributed by atoms with E-state index in [2.05, 4.69) is 19.2 Å². The predicted octanol–water partition coefficient (Wildman–Crippen LogP) is 3.75. The Morgan fingerprint density at radius 2 is 1.59 bits per heavy atom. The monoisotopic (exact) mass is 758 g/mol. The zero-order valence-corrected chi connectivity index (χ0v) is 33.6. The Morgan fingerprint density at radius 3 is 2.15 bits per heavy atom. The number of carbonyl (C=O) groups excluding carboxylic acids is 7. The lowest BCUT2D eigenvalue weighted by Crippen LogP contribution is -2.56. The van der Waals surface area contributed by atoms with Gasteiger partial charge in [-0.05, 0) is 68.1 Å². The fourth-order valence-corrected chi connectivity index (χ4v) is 6.47. The summed E-state index contributed by atoms with van der Waals surface area (Å²) in [6.45, 7) is 13.1. The molecule has 302 valence electrons. The molecule has 0 radical (unpaired) electrons. The smallest absolute Gasteiger partial charge is 0.329 e. The van der Waals surface area contributed by atoms with Gasteiger partial charge in [-0.15, -0.1) is 0 Å². The van der Waals surface area contributed by atoms with Crippen molar-refractivity contribution < 1.29 is 47.8 Å². The van der Waals surface area contributed by atoms with E-state index in [1.54, 1.807) is 38.1 Å². The predicted molar refractivity (Wildman–Crippen MR) is 202 cm³/mol. The van der Waals surface area contributed by atoms with E-state index < -0.39 is 78.1 Å². The largest absolute Gasteiger partial charge is 0.497 e. The quantitative estimate of drug-likeness (QED) is 0.130. The normalized spacial score (nSPS) is 16.4. The standard InChI is InChI=1S/C40H62N4O10/c1-24(2)12-10-14-36(48)54-37(26(5)6)33(45)23-35(47)42-30(20-25(3)4)38(49)44-19-11-13-31(44)39(50)43(8)32(40(51)53-27(7)21-34(41)46)22-28-15-17-29(52-9)18-16-28/h15-18,24-27,30-32,37H,10-14,19-23H2,1-9H3,(H2,41,46)(H,42,47)/t27-,30+,31+,32+,37?/m1/s1. The minimum Gasteiger partial charge on any atom is -0.497 e. The second-order valence-electron chi connectivity index (χ2n) is 15.5. The molecule has 14 heteroatoms. The minimum absolute atomic E-state index is 0.0318. The van der Waals surface area contributed by atoms with Crippen LogP contribution in [0.5, 0.6) is 5.75 Å². The highest BCUT2D eigenvalue weighted by Gasteiger charge is 2.42. The molecular weight excluding hydrogens is 696 g/mol. The summed E-state index contributed by atoms with van der Waals surface area (Å²) in [5.74, 6) is -3.45. The number of hydrogen-bond acceptors (Lipinski definition) is 10. The van der Waals surface area contributed by atoms with E-state index >= 15 is 0 Å². The van der Waals surface area contributed by atoms with Crippen LogP contribution in [-0.2, 0) is 49.5 Å². The molecule has 1 fully saturated rings. The number of nitrogens with two attached hydrogens (primary N) is 1. The van der Waals surface area contributed by atoms with Crippen LogP contribution in [0.3, 0.4) is 0 Å². The summed E-state index contributed by atoms with van der Waals surface area (Å²) in [5, 5.41) is 2.72. The molecule has 54 heavy (non-hydrogen) atoms. The molecular formula is C40H62N4O10. The molecule has 1 heterocycles. The lowest BCUT2D eigenvalue weighted by atomic mass is 9.99. The third-order valence-electron chi connectivity index (χ3n) is 9.32. The van der Waals surface area contributed by atoms with E-state index in [4.69, 9.17) is 19.9 Å². The van der Waals surface area contributed by atoms with Crippen LogP contribution in [0.25, 0.3) is 0 Å². The van der Waals surface area contributed by atoms with Crippen molar-refractivity contribution in [1.29, 1.82) is 0 Å². The van der Waals surface area contributed by atoms with E-state index in [9.17, 15) is 33.6 Å². The third kappa shape index (κ3) is 14.7. The van der Waals surface area contributed by atoms with Crippen molar-refractivity contribution in [2.24, 2.45) is 23.5 Å². The lowest BCUT2D eigenvalue weighted by Gasteiger charge is -2.34. The number of methoxy groups -OCH3 is 1. The van der Waals surface area contributed by atoms with Gasteiger partial charge in [0.05, 0.1) is 20.0 Å². The number of ether oxygens (including phenoxy) is 3. The van der Waals surface area contributed by atoms with Crippen LogP contribution in [0.2, 0.25) is 0 Å². The van der Waals surface area contributed by atoms with E-state index in [1.165, 1.54) is 30.9 Å². The Morgan fingerprint density at radius 1 is 0.944 bits per heavy atom. The van der Waals surface area contributed by atoms with Crippen LogP contribution < -0.4 is 15.8 Å². The van der Waals surface area contributed by atoms with Crippen LogP contribution in [0.1, 0.15) is 105 Å². The maximum Gasteiger partial charge on any atom is 0.329 e. The molecule has 1 aliphatic heterocycles. The van der Waals surface area contributed by atoms with Crippen molar-refractivity contribution in [2.75, 3.05) is 20.7 Å². The van der Waals surface area contributed by atoms with Crippen molar-refractivity contribution in [2.45, 2.75) is 137 Å². The topological polar surface area (TPSA) is 192 Å². The number of nitrogens with one attached hydrogen (secondary N) is 1. The highest BCUT2D eigenvalue weighted by molar-refractivity contribution is 6.02. The van der Waals surface area contributed by atoms with Crippen LogP contribution >= 0.6 is 0 Å². The molecule has 1 unspecified atom stereocenters. The molecule has 0 bridgehead atoms. The Hall–Kier alpha value is -4.49. The summed E-state index contributed by atoms with van der Waals surface area (Å²) >= 11 is 0. The molecule has 14 nitrogen and oxygen atoms in total. The molecule has 1 aliphatic rings. The molecule has 0 saturated carbocycles. The number of benzene rings is 1. The lowest BCUT2D eigenvalue weighted by molar-refractivity contribution is -0.160. The van der Waals surface area contributed by atoms with E-state index in [0.717, 1.165) is 6.42 Å². The summed E-state index contributed by atoms with van der Waals surface area (Å²) in [5.41, 5.74) is 6.01. The number of primary amides is 1. The van der Waals surface area contributed by atoms with Gasteiger partial charge in [0.1, 0.15) is 30.0 Å². The van der Waals surface area contributed by atoms with Gasteiger partial charge in [0.15, 0.2) is 11.9 Å². The second kappa shape index (κ2) is 22.0. The summed E-state index contributed by atoms with van der Waals surface area (Å²) in [6, 6.07) is 3.93. The molecule has 3 N–H and O–H groups in total. The maximum absolute atomic E-state index is 14.2. The number of ketones is 1.